The third-order valence-corrected chi connectivity index (χ3v) is 5.73. The second-order valence-corrected chi connectivity index (χ2v) is 8.52. The molecule has 0 fully saturated rings. The first-order chi connectivity index (χ1) is 16.5. The average Bonchev–Trinajstić information content (AvgIpc) is 3.32. The van der Waals surface area contributed by atoms with Gasteiger partial charge in [-0.2, -0.15) is 0 Å². The summed E-state index contributed by atoms with van der Waals surface area (Å²) in [6.07, 6.45) is 4.08. The highest BCUT2D eigenvalue weighted by Crippen LogP contribution is 2.49. The van der Waals surface area contributed by atoms with Crippen molar-refractivity contribution in [3.63, 3.8) is 0 Å². The van der Waals surface area contributed by atoms with E-state index >= 15 is 0 Å². The maximum absolute atomic E-state index is 11.3. The largest absolute Gasteiger partial charge is 0.495 e. The Kier molecular flexibility index (Phi) is 9.48. The molecule has 34 heavy (non-hydrogen) atoms. The number of rotatable bonds is 14. The molecule has 3 rings (SSSR count). The predicted octanol–water partition coefficient (Wildman–Crippen LogP) is 5.24. The Balaban J connectivity index is 1.84. The molecule has 0 amide bonds. The van der Waals surface area contributed by atoms with Gasteiger partial charge in [0.25, 0.3) is 0 Å². The highest BCUT2D eigenvalue weighted by atomic mass is 16.5. The summed E-state index contributed by atoms with van der Waals surface area (Å²) in [7, 11) is 7.12. The Hall–Kier alpha value is -2.90. The van der Waals surface area contributed by atoms with Gasteiger partial charge in [-0.1, -0.05) is 25.5 Å². The van der Waals surface area contributed by atoms with Crippen LogP contribution in [-0.2, 0) is 6.42 Å². The zero-order chi connectivity index (χ0) is 24.5. The van der Waals surface area contributed by atoms with E-state index in [-0.39, 0.29) is 0 Å². The zero-order valence-corrected chi connectivity index (χ0v) is 20.9. The van der Waals surface area contributed by atoms with E-state index < -0.39 is 6.10 Å². The van der Waals surface area contributed by atoms with Crippen LogP contribution < -0.4 is 18.9 Å². The lowest BCUT2D eigenvalue weighted by Gasteiger charge is -2.23. The molecule has 1 unspecified atom stereocenters. The van der Waals surface area contributed by atoms with E-state index in [9.17, 15) is 5.11 Å². The monoisotopic (exact) mass is 471 g/mol. The van der Waals surface area contributed by atoms with Crippen molar-refractivity contribution in [2.24, 2.45) is 0 Å². The lowest BCUT2D eigenvalue weighted by molar-refractivity contribution is 0.154. The molecule has 0 aliphatic heterocycles. The number of fused-ring (bicyclic) bond motifs is 1. The van der Waals surface area contributed by atoms with E-state index in [2.05, 4.69) is 6.92 Å². The van der Waals surface area contributed by atoms with E-state index in [1.165, 1.54) is 0 Å². The average molecular weight is 472 g/mol. The second-order valence-electron chi connectivity index (χ2n) is 8.52. The number of aliphatic hydroxyl groups excluding tert-OH is 1. The number of hydrogen-bond acceptors (Lipinski definition) is 7. The van der Waals surface area contributed by atoms with Gasteiger partial charge in [0, 0.05) is 6.54 Å². The Labute approximate surface area is 202 Å². The molecule has 1 atom stereocenters. The minimum atomic E-state index is -0.821. The minimum Gasteiger partial charge on any atom is -0.495 e. The van der Waals surface area contributed by atoms with Gasteiger partial charge in [-0.05, 0) is 57.1 Å². The van der Waals surface area contributed by atoms with E-state index in [4.69, 9.17) is 23.4 Å². The third kappa shape index (κ3) is 6.15. The van der Waals surface area contributed by atoms with Gasteiger partial charge < -0.3 is 33.4 Å². The predicted molar refractivity (Wildman–Crippen MR) is 133 cm³/mol. The van der Waals surface area contributed by atoms with Crippen molar-refractivity contribution in [1.82, 2.24) is 4.90 Å². The lowest BCUT2D eigenvalue weighted by Crippen LogP contribution is -2.20. The highest BCUT2D eigenvalue weighted by molar-refractivity contribution is 5.93. The number of likely N-dealkylation sites (N-methyl/N-ethyl adjacent to an activating group) is 1. The van der Waals surface area contributed by atoms with E-state index in [0.29, 0.717) is 54.4 Å². The lowest BCUT2D eigenvalue weighted by atomic mass is 9.97. The van der Waals surface area contributed by atoms with Gasteiger partial charge in [0.15, 0.2) is 11.3 Å². The van der Waals surface area contributed by atoms with Crippen molar-refractivity contribution >= 4 is 11.0 Å². The molecule has 0 saturated carbocycles. The van der Waals surface area contributed by atoms with E-state index in [1.807, 2.05) is 49.3 Å². The third-order valence-electron chi connectivity index (χ3n) is 5.73. The normalized spacial score (nSPS) is 12.2. The van der Waals surface area contributed by atoms with Crippen LogP contribution in [-0.4, -0.2) is 58.1 Å². The van der Waals surface area contributed by atoms with Crippen LogP contribution >= 0.6 is 0 Å². The molecule has 1 heterocycles. The summed E-state index contributed by atoms with van der Waals surface area (Å²) in [6, 6.07) is 9.86. The summed E-state index contributed by atoms with van der Waals surface area (Å²) in [5, 5.41) is 12.1. The first-order valence-corrected chi connectivity index (χ1v) is 11.8. The molecule has 0 aliphatic carbocycles. The standard InChI is InChI=1S/C27H37NO6/c1-6-7-16-32-20-11-8-19(9-12-20)10-13-22(29)23-24(30-4)21-14-17-33-25(21)27(31-5)26(23)34-18-15-28(2)3/h8-9,11-12,14,17,22,29H,6-7,10,13,15-16,18H2,1-5H3. The van der Waals surface area contributed by atoms with E-state index in [1.54, 1.807) is 20.5 Å². The summed E-state index contributed by atoms with van der Waals surface area (Å²) in [6.45, 7) is 4.01. The van der Waals surface area contributed by atoms with Gasteiger partial charge >= 0.3 is 0 Å². The molecule has 1 N–H and O–H groups in total. The van der Waals surface area contributed by atoms with Gasteiger partial charge in [-0.25, -0.2) is 0 Å². The van der Waals surface area contributed by atoms with Gasteiger partial charge in [0.05, 0.1) is 44.1 Å². The number of benzene rings is 2. The molecule has 0 aliphatic rings. The number of hydrogen-bond donors (Lipinski definition) is 1. The van der Waals surface area contributed by atoms with Crippen LogP contribution in [0.25, 0.3) is 11.0 Å². The number of nitrogens with zero attached hydrogens (tertiary/aromatic N) is 1. The smallest absolute Gasteiger partial charge is 0.205 e. The van der Waals surface area contributed by atoms with Gasteiger partial charge in [0.2, 0.25) is 5.75 Å². The van der Waals surface area contributed by atoms with Crippen LogP contribution in [0, 0.1) is 0 Å². The number of furan rings is 1. The van der Waals surface area contributed by atoms with Gasteiger partial charge in [-0.15, -0.1) is 0 Å². The summed E-state index contributed by atoms with van der Waals surface area (Å²) in [5.74, 6) is 2.32. The van der Waals surface area contributed by atoms with Crippen molar-refractivity contribution in [3.05, 3.63) is 47.7 Å². The Bertz CT molecular complexity index is 1030. The number of aryl methyl sites for hydroxylation is 1. The summed E-state index contributed by atoms with van der Waals surface area (Å²) in [5.41, 5.74) is 2.23. The molecule has 0 spiro atoms. The van der Waals surface area contributed by atoms with Crippen molar-refractivity contribution in [2.75, 3.05) is 48.1 Å². The van der Waals surface area contributed by atoms with Crippen molar-refractivity contribution < 1.29 is 28.5 Å². The number of ether oxygens (including phenoxy) is 4. The van der Waals surface area contributed by atoms with E-state index in [0.717, 1.165) is 36.1 Å². The Morgan fingerprint density at radius 3 is 2.32 bits per heavy atom. The maximum Gasteiger partial charge on any atom is 0.205 e. The quantitative estimate of drug-likeness (QED) is 0.323. The second kappa shape index (κ2) is 12.5. The molecule has 0 radical (unpaired) electrons. The molecular weight excluding hydrogens is 434 g/mol. The SMILES string of the molecule is CCCCOc1ccc(CCC(O)c2c(OCCN(C)C)c(OC)c3occc3c2OC)cc1. The molecule has 7 nitrogen and oxygen atoms in total. The van der Waals surface area contributed by atoms with Crippen molar-refractivity contribution in [2.45, 2.75) is 38.7 Å². The fraction of sp³-hybridized carbons (Fsp3) is 0.481. The molecule has 1 aromatic heterocycles. The molecule has 0 bridgehead atoms. The summed E-state index contributed by atoms with van der Waals surface area (Å²) in [4.78, 5) is 2.03. The van der Waals surface area contributed by atoms with Crippen molar-refractivity contribution in [1.29, 1.82) is 0 Å². The van der Waals surface area contributed by atoms with Crippen LogP contribution in [0.2, 0.25) is 0 Å². The van der Waals surface area contributed by atoms with Crippen LogP contribution in [0.15, 0.2) is 41.0 Å². The fourth-order valence-corrected chi connectivity index (χ4v) is 3.85. The van der Waals surface area contributed by atoms with Crippen molar-refractivity contribution in [3.8, 4) is 23.0 Å². The maximum atomic E-state index is 11.3. The van der Waals surface area contributed by atoms with Crippen LogP contribution in [0.5, 0.6) is 23.0 Å². The number of unbranched alkanes of at least 4 members (excludes halogenated alkanes) is 1. The Morgan fingerprint density at radius 1 is 0.941 bits per heavy atom. The molecule has 3 aromatic rings. The number of methoxy groups -OCH3 is 2. The fourth-order valence-electron chi connectivity index (χ4n) is 3.85. The van der Waals surface area contributed by atoms with Crippen LogP contribution in [0.4, 0.5) is 0 Å². The van der Waals surface area contributed by atoms with Crippen LogP contribution in [0.3, 0.4) is 0 Å². The van der Waals surface area contributed by atoms with Crippen LogP contribution in [0.1, 0.15) is 43.4 Å². The minimum absolute atomic E-state index is 0.429. The molecule has 0 saturated heterocycles. The first-order valence-electron chi connectivity index (χ1n) is 11.8. The molecule has 7 heteroatoms. The highest BCUT2D eigenvalue weighted by Gasteiger charge is 2.29. The van der Waals surface area contributed by atoms with Gasteiger partial charge in [-0.3, -0.25) is 0 Å². The molecular formula is C27H37NO6. The Morgan fingerprint density at radius 2 is 1.68 bits per heavy atom. The number of aliphatic hydroxyl groups is 1. The van der Waals surface area contributed by atoms with Gasteiger partial charge in [0.1, 0.15) is 18.1 Å². The summed E-state index contributed by atoms with van der Waals surface area (Å²) < 4.78 is 29.0. The zero-order valence-electron chi connectivity index (χ0n) is 20.9. The topological polar surface area (TPSA) is 73.5 Å². The first kappa shape index (κ1) is 25.7. The summed E-state index contributed by atoms with van der Waals surface area (Å²) >= 11 is 0. The molecule has 186 valence electrons. The molecule has 2 aromatic carbocycles.